The number of hydrogen-bond acceptors (Lipinski definition) is 0. The van der Waals surface area contributed by atoms with Gasteiger partial charge in [-0.15, -0.1) is 0 Å². The first-order valence-electron chi connectivity index (χ1n) is 11.2. The fourth-order valence-electron chi connectivity index (χ4n) is 6.34. The fraction of sp³-hybridized carbons (Fsp3) is 0.0625. The molecule has 0 aliphatic heterocycles. The Bertz CT molecular complexity index is 1910. The number of benzene rings is 8. The number of aryl methyl sites for hydroxylation is 2. The zero-order chi connectivity index (χ0) is 21.1. The molecule has 0 heterocycles. The molecule has 0 aliphatic rings. The van der Waals surface area contributed by atoms with Crippen LogP contribution in [0.5, 0.6) is 0 Å². The first-order valence-corrected chi connectivity index (χ1v) is 11.2. The number of rotatable bonds is 0. The minimum absolute atomic E-state index is 0. The van der Waals surface area contributed by atoms with Crippen molar-refractivity contribution in [3.63, 3.8) is 0 Å². The van der Waals surface area contributed by atoms with E-state index in [0.29, 0.717) is 0 Å². The Morgan fingerprint density at radius 2 is 0.706 bits per heavy atom. The van der Waals surface area contributed by atoms with E-state index in [1.165, 1.54) is 81.1 Å². The van der Waals surface area contributed by atoms with Crippen LogP contribution in [0.4, 0.5) is 0 Å². The molecule has 0 unspecified atom stereocenters. The second-order valence-corrected chi connectivity index (χ2v) is 9.21. The quantitative estimate of drug-likeness (QED) is 0.0956. The molecule has 0 bridgehead atoms. The monoisotopic (exact) mass is 580 g/mol. The summed E-state index contributed by atoms with van der Waals surface area (Å²) in [6.07, 6.45) is 0. The first-order chi connectivity index (χ1) is 15.7. The molecule has 0 atom stereocenters. The fourth-order valence-corrected chi connectivity index (χ4v) is 6.34. The van der Waals surface area contributed by atoms with E-state index in [1.54, 1.807) is 0 Å². The third kappa shape index (κ3) is 2.69. The van der Waals surface area contributed by atoms with Gasteiger partial charge in [-0.25, -0.2) is 12.1 Å². The van der Waals surface area contributed by atoms with Crippen LogP contribution < -0.4 is 0 Å². The van der Waals surface area contributed by atoms with E-state index in [1.807, 2.05) is 12.1 Å². The molecule has 0 nitrogen and oxygen atoms in total. The van der Waals surface area contributed by atoms with Gasteiger partial charge in [0.15, 0.2) is 0 Å². The largest absolute Gasteiger partial charge is 0.285 e. The molecule has 0 saturated heterocycles. The normalized spacial score (nSPS) is 11.9. The average Bonchev–Trinajstić information content (AvgIpc) is 2.83. The summed E-state index contributed by atoms with van der Waals surface area (Å²) >= 11 is 0. The summed E-state index contributed by atoms with van der Waals surface area (Å²) in [5.74, 6) is 0. The molecule has 8 aromatic carbocycles. The molecule has 0 amide bonds. The number of hydrogen-bond donors (Lipinski definition) is 0. The molecule has 34 heavy (non-hydrogen) atoms. The Labute approximate surface area is 248 Å². The van der Waals surface area contributed by atoms with Crippen LogP contribution in [0.1, 0.15) is 11.1 Å². The van der Waals surface area contributed by atoms with Crippen molar-refractivity contribution in [3.05, 3.63) is 96.1 Å². The van der Waals surface area contributed by atoms with Crippen LogP contribution in [0.2, 0.25) is 0 Å². The maximum Gasteiger partial charge on any atom is 0 e. The van der Waals surface area contributed by atoms with Crippen molar-refractivity contribution < 1.29 is 65.4 Å². The Hall–Kier alpha value is -1.69. The average molecular weight is 580 g/mol. The van der Waals surface area contributed by atoms with Crippen molar-refractivity contribution in [2.45, 2.75) is 13.8 Å². The minimum Gasteiger partial charge on any atom is -0.285 e. The van der Waals surface area contributed by atoms with Gasteiger partial charge in [0.25, 0.3) is 0 Å². The van der Waals surface area contributed by atoms with E-state index >= 15 is 0 Å². The molecule has 0 spiro atoms. The van der Waals surface area contributed by atoms with Crippen LogP contribution in [-0.2, 0) is 65.4 Å². The van der Waals surface area contributed by atoms with Gasteiger partial charge < -0.3 is 0 Å². The van der Waals surface area contributed by atoms with Crippen LogP contribution in [0.25, 0.3) is 75.4 Å². The maximum atomic E-state index is 3.39. The summed E-state index contributed by atoms with van der Waals surface area (Å²) < 4.78 is 0. The molecule has 0 aliphatic carbocycles. The molecule has 154 valence electrons. The van der Waals surface area contributed by atoms with E-state index in [4.69, 9.17) is 0 Å². The summed E-state index contributed by atoms with van der Waals surface area (Å²) in [6, 6.07) is 33.9. The van der Waals surface area contributed by atoms with Crippen molar-refractivity contribution in [3.8, 4) is 0 Å². The van der Waals surface area contributed by atoms with Crippen LogP contribution in [0, 0.1) is 26.0 Å². The van der Waals surface area contributed by atoms with Gasteiger partial charge in [0.1, 0.15) is 0 Å². The summed E-state index contributed by atoms with van der Waals surface area (Å²) in [4.78, 5) is 0. The van der Waals surface area contributed by atoms with Gasteiger partial charge in [0.2, 0.25) is 0 Å². The summed E-state index contributed by atoms with van der Waals surface area (Å²) in [5.41, 5.74) is 2.70. The maximum absolute atomic E-state index is 3.39. The van der Waals surface area contributed by atoms with E-state index < -0.39 is 0 Å². The molecular formula is C32H18Y2-2. The zero-order valence-electron chi connectivity index (χ0n) is 19.1. The van der Waals surface area contributed by atoms with Gasteiger partial charge >= 0.3 is 0 Å². The van der Waals surface area contributed by atoms with E-state index in [9.17, 15) is 0 Å². The van der Waals surface area contributed by atoms with Crippen LogP contribution in [-0.4, -0.2) is 0 Å². The van der Waals surface area contributed by atoms with Gasteiger partial charge in [-0.2, -0.15) is 16.8 Å². The molecule has 0 saturated carbocycles. The first kappa shape index (κ1) is 22.8. The second-order valence-electron chi connectivity index (χ2n) is 9.21. The molecule has 0 fully saturated rings. The van der Waals surface area contributed by atoms with Crippen molar-refractivity contribution in [1.29, 1.82) is 0 Å². The van der Waals surface area contributed by atoms with Gasteiger partial charge in [0.05, 0.1) is 0 Å². The third-order valence-electron chi connectivity index (χ3n) is 7.64. The molecule has 0 N–H and O–H groups in total. The standard InChI is InChI=1S/C32H18.2Y/c1-17-9-11-22-26-15-13-24-20-7-3-5-19-6-4-8-21(29(19)20)25-14-16-27(32(26)31(24)25)23-12-10-18(2)28(17)30(22)23;;/h3-4,7-16H,1-2H3;;/q-2;;. The van der Waals surface area contributed by atoms with Gasteiger partial charge in [-0.1, -0.05) is 60.0 Å². The van der Waals surface area contributed by atoms with E-state index in [-0.39, 0.29) is 65.4 Å². The van der Waals surface area contributed by atoms with Crippen LogP contribution in [0.15, 0.2) is 72.8 Å². The topological polar surface area (TPSA) is 0 Å². The predicted molar refractivity (Wildman–Crippen MR) is 139 cm³/mol. The Morgan fingerprint density at radius 3 is 1.12 bits per heavy atom. The molecule has 2 heteroatoms. The van der Waals surface area contributed by atoms with E-state index in [0.717, 1.165) is 5.39 Å². The number of fused-ring (bicyclic) bond motifs is 4. The summed E-state index contributed by atoms with van der Waals surface area (Å²) in [7, 11) is 0. The molecule has 8 aromatic rings. The second kappa shape index (κ2) is 7.91. The van der Waals surface area contributed by atoms with Gasteiger partial charge in [-0.3, -0.25) is 17.5 Å². The molecule has 2 radical (unpaired) electrons. The minimum atomic E-state index is 0. The SMILES string of the molecule is Cc1ccc2c3ccc4c5cc[c-]c6[c-]ccc(c7ccc(c8ccc(C)c1c28)c3c47)c65.[Y].[Y]. The smallest absolute Gasteiger partial charge is 0 e. The van der Waals surface area contributed by atoms with Crippen molar-refractivity contribution in [1.82, 2.24) is 0 Å². The Kier molecular flexibility index (Phi) is 5.29. The van der Waals surface area contributed by atoms with Crippen molar-refractivity contribution in [2.24, 2.45) is 0 Å². The molecule has 8 rings (SSSR count). The predicted octanol–water partition coefficient (Wildman–Crippen LogP) is 8.85. The Morgan fingerprint density at radius 1 is 0.382 bits per heavy atom. The molecule has 0 aromatic heterocycles. The van der Waals surface area contributed by atoms with Gasteiger partial charge in [-0.05, 0) is 78.8 Å². The summed E-state index contributed by atoms with van der Waals surface area (Å²) in [6.45, 7) is 4.47. The van der Waals surface area contributed by atoms with Crippen molar-refractivity contribution in [2.75, 3.05) is 0 Å². The van der Waals surface area contributed by atoms with Gasteiger partial charge in [0, 0.05) is 65.4 Å². The third-order valence-corrected chi connectivity index (χ3v) is 7.64. The van der Waals surface area contributed by atoms with Crippen molar-refractivity contribution >= 4 is 75.4 Å². The summed E-state index contributed by atoms with van der Waals surface area (Å²) in [5, 5.41) is 18.6. The molecular weight excluding hydrogens is 562 g/mol. The van der Waals surface area contributed by atoms with Crippen LogP contribution in [0.3, 0.4) is 0 Å². The van der Waals surface area contributed by atoms with E-state index in [2.05, 4.69) is 86.6 Å². The zero-order valence-corrected chi connectivity index (χ0v) is 24.8. The Balaban J connectivity index is 0.00000109. The van der Waals surface area contributed by atoms with Crippen LogP contribution >= 0.6 is 0 Å².